The lowest BCUT2D eigenvalue weighted by molar-refractivity contribution is 0.0691. The molecule has 0 heterocycles. The Bertz CT molecular complexity index is 656. The first-order chi connectivity index (χ1) is 11.2. The summed E-state index contributed by atoms with van der Waals surface area (Å²) in [7, 11) is 0. The van der Waals surface area contributed by atoms with Crippen molar-refractivity contribution in [2.45, 2.75) is 59.8 Å². The summed E-state index contributed by atoms with van der Waals surface area (Å²) in [5.41, 5.74) is 3.68. The van der Waals surface area contributed by atoms with Gasteiger partial charge in [-0.2, -0.15) is 0 Å². The highest BCUT2D eigenvalue weighted by molar-refractivity contribution is 5.93. The lowest BCUT2D eigenvalue weighted by Crippen LogP contribution is -2.20. The minimum atomic E-state index is -1.01. The average molecular weight is 332 g/mol. The van der Waals surface area contributed by atoms with Crippen LogP contribution in [0.15, 0.2) is 23.3 Å². The number of aromatic hydroxyl groups is 1. The van der Waals surface area contributed by atoms with Crippen molar-refractivity contribution in [3.63, 3.8) is 0 Å². The molecular weight excluding hydrogens is 304 g/mol. The zero-order valence-electron chi connectivity index (χ0n) is 15.1. The van der Waals surface area contributed by atoms with E-state index >= 15 is 0 Å². The van der Waals surface area contributed by atoms with Crippen molar-refractivity contribution in [2.75, 3.05) is 6.61 Å². The summed E-state index contributed by atoms with van der Waals surface area (Å²) < 4.78 is 5.85. The smallest absolute Gasteiger partial charge is 0.339 e. The Kier molecular flexibility index (Phi) is 5.58. The predicted molar refractivity (Wildman–Crippen MR) is 94.9 cm³/mol. The summed E-state index contributed by atoms with van der Waals surface area (Å²) in [4.78, 5) is 11.7. The van der Waals surface area contributed by atoms with Gasteiger partial charge in [0.25, 0.3) is 0 Å². The third-order valence-corrected chi connectivity index (χ3v) is 4.75. The predicted octanol–water partition coefficient (Wildman–Crippen LogP) is 4.95. The van der Waals surface area contributed by atoms with Crippen LogP contribution in [0.5, 0.6) is 11.5 Å². The fourth-order valence-electron chi connectivity index (χ4n) is 3.47. The van der Waals surface area contributed by atoms with Crippen molar-refractivity contribution in [2.24, 2.45) is 5.41 Å². The van der Waals surface area contributed by atoms with Crippen LogP contribution in [0.4, 0.5) is 0 Å². The number of aromatic carboxylic acids is 1. The van der Waals surface area contributed by atoms with Crippen molar-refractivity contribution >= 4 is 5.97 Å². The molecule has 1 aliphatic rings. The third-order valence-electron chi connectivity index (χ3n) is 4.75. The Morgan fingerprint density at radius 2 is 2.04 bits per heavy atom. The van der Waals surface area contributed by atoms with Crippen LogP contribution < -0.4 is 4.74 Å². The molecule has 0 bridgehead atoms. The van der Waals surface area contributed by atoms with Crippen LogP contribution in [0.25, 0.3) is 0 Å². The van der Waals surface area contributed by atoms with E-state index in [-0.39, 0.29) is 17.1 Å². The molecule has 4 nitrogen and oxygen atoms in total. The quantitative estimate of drug-likeness (QED) is 0.723. The van der Waals surface area contributed by atoms with Gasteiger partial charge in [-0.3, -0.25) is 0 Å². The van der Waals surface area contributed by atoms with Gasteiger partial charge in [-0.05, 0) is 55.2 Å². The average Bonchev–Trinajstić information content (AvgIpc) is 2.45. The maximum Gasteiger partial charge on any atom is 0.339 e. The van der Waals surface area contributed by atoms with Gasteiger partial charge in [0.05, 0.1) is 0 Å². The van der Waals surface area contributed by atoms with Gasteiger partial charge in [0.2, 0.25) is 0 Å². The largest absolute Gasteiger partial charge is 0.508 e. The standard InChI is InChI=1S/C20H28O4/c1-5-6-14-9-16(21)10-17(18(14)19(22)23)24-12-15-7-8-20(3,4)11-13(15)2/h9-10,21H,5-8,11-12H2,1-4H3,(H,22,23). The van der Waals surface area contributed by atoms with Crippen molar-refractivity contribution in [3.8, 4) is 11.5 Å². The van der Waals surface area contributed by atoms with Crippen LogP contribution in [0.1, 0.15) is 69.3 Å². The van der Waals surface area contributed by atoms with Crippen LogP contribution in [0.2, 0.25) is 0 Å². The van der Waals surface area contributed by atoms with Crippen LogP contribution in [-0.4, -0.2) is 22.8 Å². The number of hydrogen-bond acceptors (Lipinski definition) is 3. The van der Waals surface area contributed by atoms with E-state index in [1.54, 1.807) is 0 Å². The molecule has 0 saturated carbocycles. The maximum atomic E-state index is 11.7. The second kappa shape index (κ2) is 7.29. The molecule has 0 aromatic heterocycles. The monoisotopic (exact) mass is 332 g/mol. The first-order valence-corrected chi connectivity index (χ1v) is 8.63. The molecule has 0 atom stereocenters. The highest BCUT2D eigenvalue weighted by atomic mass is 16.5. The number of aryl methyl sites for hydroxylation is 1. The van der Waals surface area contributed by atoms with Gasteiger partial charge in [-0.1, -0.05) is 32.8 Å². The lowest BCUT2D eigenvalue weighted by atomic mass is 9.75. The lowest BCUT2D eigenvalue weighted by Gasteiger charge is -2.32. The SMILES string of the molecule is CCCc1cc(O)cc(OCC2=C(C)CC(C)(C)CC2)c1C(=O)O. The van der Waals surface area contributed by atoms with Gasteiger partial charge in [-0.25, -0.2) is 4.79 Å². The minimum absolute atomic E-state index is 0.0499. The summed E-state index contributed by atoms with van der Waals surface area (Å²) in [5, 5.41) is 19.4. The number of carboxylic acids is 1. The van der Waals surface area contributed by atoms with Crippen LogP contribution in [-0.2, 0) is 6.42 Å². The molecule has 1 aromatic rings. The zero-order valence-corrected chi connectivity index (χ0v) is 15.1. The Morgan fingerprint density at radius 1 is 1.33 bits per heavy atom. The number of hydrogen-bond donors (Lipinski definition) is 2. The van der Waals surface area contributed by atoms with E-state index in [1.165, 1.54) is 23.3 Å². The number of rotatable bonds is 6. The topological polar surface area (TPSA) is 66.8 Å². The zero-order chi connectivity index (χ0) is 17.9. The summed E-state index contributed by atoms with van der Waals surface area (Å²) in [5.74, 6) is -0.700. The molecule has 1 aliphatic carbocycles. The number of phenolic OH excluding ortho intramolecular Hbond substituents is 1. The highest BCUT2D eigenvalue weighted by Crippen LogP contribution is 2.39. The molecule has 0 unspecified atom stereocenters. The van der Waals surface area contributed by atoms with E-state index in [4.69, 9.17) is 4.74 Å². The van der Waals surface area contributed by atoms with Crippen LogP contribution in [0.3, 0.4) is 0 Å². The first kappa shape index (κ1) is 18.4. The van der Waals surface area contributed by atoms with Crippen LogP contribution >= 0.6 is 0 Å². The van der Waals surface area contributed by atoms with E-state index in [2.05, 4.69) is 20.8 Å². The second-order valence-corrected chi connectivity index (χ2v) is 7.55. The highest BCUT2D eigenvalue weighted by Gasteiger charge is 2.26. The molecular formula is C20H28O4. The summed E-state index contributed by atoms with van der Waals surface area (Å²) >= 11 is 0. The van der Waals surface area contributed by atoms with Gasteiger partial charge < -0.3 is 14.9 Å². The molecule has 132 valence electrons. The number of carbonyl (C=O) groups is 1. The molecule has 0 aliphatic heterocycles. The fourth-order valence-corrected chi connectivity index (χ4v) is 3.47. The van der Waals surface area contributed by atoms with E-state index in [1.807, 2.05) is 6.92 Å². The minimum Gasteiger partial charge on any atom is -0.508 e. The number of ether oxygens (including phenoxy) is 1. The number of benzene rings is 1. The molecule has 0 saturated heterocycles. The number of allylic oxidation sites excluding steroid dienone is 1. The van der Waals surface area contributed by atoms with E-state index in [0.717, 1.165) is 25.7 Å². The molecule has 24 heavy (non-hydrogen) atoms. The molecule has 2 N–H and O–H groups in total. The number of carboxylic acid groups (broad SMARTS) is 1. The molecule has 2 rings (SSSR count). The second-order valence-electron chi connectivity index (χ2n) is 7.55. The summed E-state index contributed by atoms with van der Waals surface area (Å²) in [6.45, 7) is 9.03. The first-order valence-electron chi connectivity index (χ1n) is 8.63. The van der Waals surface area contributed by atoms with E-state index in [9.17, 15) is 15.0 Å². The van der Waals surface area contributed by atoms with Crippen molar-refractivity contribution in [3.05, 3.63) is 34.4 Å². The molecule has 0 spiro atoms. The van der Waals surface area contributed by atoms with Crippen molar-refractivity contribution in [1.82, 2.24) is 0 Å². The molecule has 0 fully saturated rings. The normalized spacial score (nSPS) is 17.0. The van der Waals surface area contributed by atoms with Crippen LogP contribution in [0, 0.1) is 5.41 Å². The molecule has 4 heteroatoms. The van der Waals surface area contributed by atoms with Gasteiger partial charge in [0, 0.05) is 6.07 Å². The van der Waals surface area contributed by atoms with Gasteiger partial charge in [0.1, 0.15) is 23.7 Å². The molecule has 1 aromatic carbocycles. The van der Waals surface area contributed by atoms with E-state index in [0.29, 0.717) is 24.0 Å². The van der Waals surface area contributed by atoms with Crippen molar-refractivity contribution in [1.29, 1.82) is 0 Å². The summed E-state index contributed by atoms with van der Waals surface area (Å²) in [6, 6.07) is 2.93. The Labute approximate surface area is 144 Å². The number of phenols is 1. The van der Waals surface area contributed by atoms with E-state index < -0.39 is 5.97 Å². The Hall–Kier alpha value is -1.97. The van der Waals surface area contributed by atoms with Gasteiger partial charge in [0.15, 0.2) is 0 Å². The van der Waals surface area contributed by atoms with Gasteiger partial charge in [-0.15, -0.1) is 0 Å². The fraction of sp³-hybridized carbons (Fsp3) is 0.550. The van der Waals surface area contributed by atoms with Crippen molar-refractivity contribution < 1.29 is 19.7 Å². The molecule has 0 radical (unpaired) electrons. The van der Waals surface area contributed by atoms with Gasteiger partial charge >= 0.3 is 5.97 Å². The molecule has 0 amide bonds. The summed E-state index contributed by atoms with van der Waals surface area (Å²) in [6.07, 6.45) is 4.53. The Balaban J connectivity index is 2.25. The Morgan fingerprint density at radius 3 is 2.62 bits per heavy atom. The third kappa shape index (κ3) is 4.31. The maximum absolute atomic E-state index is 11.7.